The predicted molar refractivity (Wildman–Crippen MR) is 86.3 cm³/mol. The molecule has 0 amide bonds. The molecule has 0 saturated heterocycles. The molecule has 0 aliphatic rings. The van der Waals surface area contributed by atoms with Gasteiger partial charge in [-0.1, -0.05) is 18.2 Å². The molecule has 1 aromatic carbocycles. The third kappa shape index (κ3) is 3.52. The number of carbonyl (C=O) groups excluding carboxylic acids is 1. The number of ketones is 1. The van der Waals surface area contributed by atoms with Crippen molar-refractivity contribution in [1.82, 2.24) is 9.78 Å². The Hall–Kier alpha value is -1.07. The Balaban J connectivity index is 1.98. The summed E-state index contributed by atoms with van der Waals surface area (Å²) in [5.41, 5.74) is 3.07. The number of carbonyl (C=O) groups is 1. The van der Waals surface area contributed by atoms with E-state index in [2.05, 4.69) is 40.1 Å². The molecule has 5 heteroatoms. The molecule has 1 heterocycles. The standard InChI is InChI=1S/C15H17BrN2OS/c1-10-6-4-5-7-14(10)20-9-12(19)8-13-15(16)11(2)17-18(13)3/h4-7H,8-9H2,1-3H3. The van der Waals surface area contributed by atoms with E-state index in [4.69, 9.17) is 0 Å². The van der Waals surface area contributed by atoms with Gasteiger partial charge in [0, 0.05) is 11.9 Å². The van der Waals surface area contributed by atoms with Crippen LogP contribution in [0.25, 0.3) is 0 Å². The van der Waals surface area contributed by atoms with E-state index in [-0.39, 0.29) is 5.78 Å². The summed E-state index contributed by atoms with van der Waals surface area (Å²) < 4.78 is 2.71. The topological polar surface area (TPSA) is 34.9 Å². The molecule has 0 N–H and O–H groups in total. The molecule has 0 radical (unpaired) electrons. The van der Waals surface area contributed by atoms with Gasteiger partial charge < -0.3 is 0 Å². The monoisotopic (exact) mass is 352 g/mol. The minimum absolute atomic E-state index is 0.210. The lowest BCUT2D eigenvalue weighted by molar-refractivity contribution is -0.116. The molecular formula is C15H17BrN2OS. The lowest BCUT2D eigenvalue weighted by atomic mass is 10.2. The van der Waals surface area contributed by atoms with E-state index in [1.807, 2.05) is 26.1 Å². The number of Topliss-reactive ketones (excluding diaryl/α,β-unsaturated/α-hetero) is 1. The van der Waals surface area contributed by atoms with Crippen LogP contribution < -0.4 is 0 Å². The summed E-state index contributed by atoms with van der Waals surface area (Å²) >= 11 is 5.09. The fourth-order valence-electron chi connectivity index (χ4n) is 1.99. The summed E-state index contributed by atoms with van der Waals surface area (Å²) in [5.74, 6) is 0.698. The minimum atomic E-state index is 0.210. The fourth-order valence-corrected chi connectivity index (χ4v) is 3.35. The molecule has 0 aliphatic heterocycles. The van der Waals surface area contributed by atoms with Crippen molar-refractivity contribution < 1.29 is 4.79 Å². The summed E-state index contributed by atoms with van der Waals surface area (Å²) in [6, 6.07) is 8.13. The third-order valence-corrected chi connectivity index (χ3v) is 5.38. The van der Waals surface area contributed by atoms with Gasteiger partial charge in [-0.2, -0.15) is 5.10 Å². The van der Waals surface area contributed by atoms with Crippen LogP contribution in [0.1, 0.15) is 17.0 Å². The average Bonchev–Trinajstić information content (AvgIpc) is 2.64. The second-order valence-corrected chi connectivity index (χ2v) is 6.55. The number of aryl methyl sites for hydroxylation is 3. The number of halogens is 1. The van der Waals surface area contributed by atoms with Crippen LogP contribution in [0.2, 0.25) is 0 Å². The van der Waals surface area contributed by atoms with Crippen molar-refractivity contribution in [3.8, 4) is 0 Å². The van der Waals surface area contributed by atoms with Gasteiger partial charge in [0.25, 0.3) is 0 Å². The van der Waals surface area contributed by atoms with Crippen LogP contribution in [0, 0.1) is 13.8 Å². The van der Waals surface area contributed by atoms with Crippen LogP contribution in [0.15, 0.2) is 33.6 Å². The molecule has 0 bridgehead atoms. The maximum absolute atomic E-state index is 12.1. The van der Waals surface area contributed by atoms with Gasteiger partial charge in [-0.15, -0.1) is 11.8 Å². The Morgan fingerprint density at radius 1 is 1.35 bits per heavy atom. The van der Waals surface area contributed by atoms with Crippen LogP contribution in [-0.2, 0) is 18.3 Å². The van der Waals surface area contributed by atoms with Crippen LogP contribution in [0.3, 0.4) is 0 Å². The summed E-state index contributed by atoms with van der Waals surface area (Å²) in [6.45, 7) is 3.99. The van der Waals surface area contributed by atoms with Crippen molar-refractivity contribution in [2.24, 2.45) is 7.05 Å². The van der Waals surface area contributed by atoms with Crippen molar-refractivity contribution >= 4 is 33.5 Å². The van der Waals surface area contributed by atoms with Crippen LogP contribution in [0.5, 0.6) is 0 Å². The zero-order valence-electron chi connectivity index (χ0n) is 11.8. The number of hydrogen-bond acceptors (Lipinski definition) is 3. The van der Waals surface area contributed by atoms with Gasteiger partial charge >= 0.3 is 0 Å². The van der Waals surface area contributed by atoms with Crippen molar-refractivity contribution in [2.45, 2.75) is 25.2 Å². The van der Waals surface area contributed by atoms with Crippen LogP contribution >= 0.6 is 27.7 Å². The van der Waals surface area contributed by atoms with E-state index in [1.165, 1.54) is 10.5 Å². The van der Waals surface area contributed by atoms with Crippen molar-refractivity contribution in [3.05, 3.63) is 45.7 Å². The Labute approximate surface area is 131 Å². The van der Waals surface area contributed by atoms with Crippen LogP contribution in [-0.4, -0.2) is 21.3 Å². The zero-order valence-corrected chi connectivity index (χ0v) is 14.2. The van der Waals surface area contributed by atoms with Crippen LogP contribution in [0.4, 0.5) is 0 Å². The van der Waals surface area contributed by atoms with Gasteiger partial charge in [-0.05, 0) is 41.4 Å². The van der Waals surface area contributed by atoms with Gasteiger partial charge in [0.1, 0.15) is 5.78 Å². The molecule has 106 valence electrons. The molecule has 1 aromatic heterocycles. The van der Waals surface area contributed by atoms with E-state index in [1.54, 1.807) is 16.4 Å². The largest absolute Gasteiger partial charge is 0.298 e. The molecule has 3 nitrogen and oxygen atoms in total. The Kier molecular flexibility index (Phi) is 5.05. The van der Waals surface area contributed by atoms with Crippen molar-refractivity contribution in [1.29, 1.82) is 0 Å². The first-order valence-electron chi connectivity index (χ1n) is 6.37. The van der Waals surface area contributed by atoms with Gasteiger partial charge in [-0.25, -0.2) is 0 Å². The van der Waals surface area contributed by atoms with E-state index in [9.17, 15) is 4.79 Å². The highest BCUT2D eigenvalue weighted by Gasteiger charge is 2.14. The smallest absolute Gasteiger partial charge is 0.149 e. The summed E-state index contributed by atoms with van der Waals surface area (Å²) in [7, 11) is 1.87. The SMILES string of the molecule is Cc1ccccc1SCC(=O)Cc1c(Br)c(C)nn1C. The van der Waals surface area contributed by atoms with Gasteiger partial charge in [0.15, 0.2) is 0 Å². The number of nitrogens with zero attached hydrogens (tertiary/aromatic N) is 2. The molecule has 2 rings (SSSR count). The molecule has 0 unspecified atom stereocenters. The fraction of sp³-hybridized carbons (Fsp3) is 0.333. The number of rotatable bonds is 5. The second kappa shape index (κ2) is 6.59. The summed E-state index contributed by atoms with van der Waals surface area (Å²) in [6.07, 6.45) is 0.413. The van der Waals surface area contributed by atoms with E-state index in [0.717, 1.165) is 15.9 Å². The predicted octanol–water partition coefficient (Wildman–Crippen LogP) is 3.70. The third-order valence-electron chi connectivity index (χ3n) is 3.11. The Morgan fingerprint density at radius 2 is 2.05 bits per heavy atom. The lowest BCUT2D eigenvalue weighted by Crippen LogP contribution is -2.10. The molecular weight excluding hydrogens is 336 g/mol. The molecule has 0 saturated carbocycles. The van der Waals surface area contributed by atoms with E-state index in [0.29, 0.717) is 12.2 Å². The quantitative estimate of drug-likeness (QED) is 0.769. The van der Waals surface area contributed by atoms with Gasteiger partial charge in [-0.3, -0.25) is 9.48 Å². The highest BCUT2D eigenvalue weighted by atomic mass is 79.9. The normalized spacial score (nSPS) is 10.8. The molecule has 0 fully saturated rings. The molecule has 2 aromatic rings. The molecule has 0 aliphatic carbocycles. The first-order valence-corrected chi connectivity index (χ1v) is 8.15. The molecule has 0 spiro atoms. The maximum Gasteiger partial charge on any atom is 0.149 e. The Bertz CT molecular complexity index is 637. The summed E-state index contributed by atoms with van der Waals surface area (Å²) in [4.78, 5) is 13.3. The number of benzene rings is 1. The number of aromatic nitrogens is 2. The van der Waals surface area contributed by atoms with Crippen molar-refractivity contribution in [3.63, 3.8) is 0 Å². The average molecular weight is 353 g/mol. The maximum atomic E-state index is 12.1. The van der Waals surface area contributed by atoms with Gasteiger partial charge in [0.05, 0.1) is 28.0 Å². The lowest BCUT2D eigenvalue weighted by Gasteiger charge is -2.05. The first-order chi connectivity index (χ1) is 9.49. The minimum Gasteiger partial charge on any atom is -0.298 e. The zero-order chi connectivity index (χ0) is 14.7. The highest BCUT2D eigenvalue weighted by Crippen LogP contribution is 2.24. The van der Waals surface area contributed by atoms with Crippen molar-refractivity contribution in [2.75, 3.05) is 5.75 Å². The second-order valence-electron chi connectivity index (χ2n) is 4.74. The number of hydrogen-bond donors (Lipinski definition) is 0. The van der Waals surface area contributed by atoms with Gasteiger partial charge in [0.2, 0.25) is 0 Å². The number of thioether (sulfide) groups is 1. The molecule has 20 heavy (non-hydrogen) atoms. The first kappa shape index (κ1) is 15.3. The molecule has 0 atom stereocenters. The van der Waals surface area contributed by atoms with E-state index < -0.39 is 0 Å². The van der Waals surface area contributed by atoms with E-state index >= 15 is 0 Å². The highest BCUT2D eigenvalue weighted by molar-refractivity contribution is 9.10. The Morgan fingerprint density at radius 3 is 2.65 bits per heavy atom. The summed E-state index contributed by atoms with van der Waals surface area (Å²) in [5, 5.41) is 4.31.